The standard InChI is InChI=1S/C14H22N2OS2/c1-7-9-10(17)15-12(18)16-11(9)19-14(5,6)8-13(2,3)4/h7H,8H2,1-6H3,(H,15,17,18)/b9-7-. The topological polar surface area (TPSA) is 41.5 Å². The Kier molecular flexibility index (Phi) is 4.96. The van der Waals surface area contributed by atoms with Crippen molar-refractivity contribution in [3.8, 4) is 0 Å². The van der Waals surface area contributed by atoms with Crippen molar-refractivity contribution in [3.63, 3.8) is 0 Å². The third-order valence-electron chi connectivity index (χ3n) is 2.52. The van der Waals surface area contributed by atoms with Crippen molar-refractivity contribution in [2.75, 3.05) is 0 Å². The Morgan fingerprint density at radius 1 is 1.32 bits per heavy atom. The maximum Gasteiger partial charge on any atom is 0.259 e. The number of amides is 1. The van der Waals surface area contributed by atoms with E-state index in [1.807, 2.05) is 6.92 Å². The minimum absolute atomic E-state index is 0.00141. The Labute approximate surface area is 125 Å². The van der Waals surface area contributed by atoms with Crippen molar-refractivity contribution >= 4 is 40.0 Å². The van der Waals surface area contributed by atoms with Crippen LogP contribution in [0.3, 0.4) is 0 Å². The number of thioether (sulfide) groups is 1. The first-order chi connectivity index (χ1) is 8.54. The minimum Gasteiger partial charge on any atom is -0.297 e. The third kappa shape index (κ3) is 5.07. The van der Waals surface area contributed by atoms with Crippen molar-refractivity contribution in [1.82, 2.24) is 5.32 Å². The molecule has 1 N–H and O–H groups in total. The van der Waals surface area contributed by atoms with Crippen molar-refractivity contribution < 1.29 is 4.79 Å². The molecule has 0 saturated carbocycles. The number of nitrogens with zero attached hydrogens (tertiary/aromatic N) is 1. The molecular formula is C14H22N2OS2. The van der Waals surface area contributed by atoms with Gasteiger partial charge in [-0.05, 0) is 31.0 Å². The monoisotopic (exact) mass is 298 g/mol. The van der Waals surface area contributed by atoms with Gasteiger partial charge in [0.15, 0.2) is 0 Å². The highest BCUT2D eigenvalue weighted by Crippen LogP contribution is 2.39. The molecule has 0 aliphatic carbocycles. The molecule has 0 aromatic heterocycles. The summed E-state index contributed by atoms with van der Waals surface area (Å²) in [6.07, 6.45) is 2.81. The number of nitrogens with one attached hydrogen (secondary N) is 1. The first-order valence-electron chi connectivity index (χ1n) is 6.34. The molecule has 0 radical (unpaired) electrons. The van der Waals surface area contributed by atoms with Crippen molar-refractivity contribution in [2.24, 2.45) is 10.4 Å². The number of aliphatic imine (C=N–C) groups is 1. The lowest BCUT2D eigenvalue weighted by molar-refractivity contribution is -0.115. The van der Waals surface area contributed by atoms with Gasteiger partial charge in [-0.3, -0.25) is 10.1 Å². The van der Waals surface area contributed by atoms with Gasteiger partial charge in [-0.15, -0.1) is 0 Å². The molecule has 0 spiro atoms. The summed E-state index contributed by atoms with van der Waals surface area (Å²) in [6, 6.07) is 0. The van der Waals surface area contributed by atoms with Crippen LogP contribution in [0.5, 0.6) is 0 Å². The summed E-state index contributed by atoms with van der Waals surface area (Å²) in [7, 11) is 0. The minimum atomic E-state index is -0.156. The SMILES string of the molecule is C/C=C1/C(=O)NC(=S)N=C1SC(C)(C)CC(C)(C)C. The Hall–Kier alpha value is -0.680. The fourth-order valence-corrected chi connectivity index (χ4v) is 4.08. The van der Waals surface area contributed by atoms with E-state index < -0.39 is 0 Å². The summed E-state index contributed by atoms with van der Waals surface area (Å²) in [6.45, 7) is 12.8. The lowest BCUT2D eigenvalue weighted by Gasteiger charge is -2.33. The Morgan fingerprint density at radius 2 is 1.89 bits per heavy atom. The summed E-state index contributed by atoms with van der Waals surface area (Å²) in [5.74, 6) is -0.156. The molecule has 0 unspecified atom stereocenters. The normalized spacial score (nSPS) is 19.5. The number of rotatable bonds is 2. The highest BCUT2D eigenvalue weighted by Gasteiger charge is 2.32. The average Bonchev–Trinajstić information content (AvgIpc) is 2.11. The molecule has 0 aromatic rings. The summed E-state index contributed by atoms with van der Waals surface area (Å²) in [5, 5.41) is 3.55. The number of hydrogen-bond acceptors (Lipinski definition) is 3. The third-order valence-corrected chi connectivity index (χ3v) is 3.91. The number of carbonyl (C=O) groups excluding carboxylic acids is 1. The van der Waals surface area contributed by atoms with Crippen LogP contribution in [0.15, 0.2) is 16.6 Å². The van der Waals surface area contributed by atoms with Crippen LogP contribution in [-0.4, -0.2) is 20.8 Å². The van der Waals surface area contributed by atoms with Gasteiger partial charge in [0.2, 0.25) is 5.11 Å². The summed E-state index contributed by atoms with van der Waals surface area (Å²) < 4.78 is -0.00141. The summed E-state index contributed by atoms with van der Waals surface area (Å²) in [5.41, 5.74) is 0.838. The van der Waals surface area contributed by atoms with Gasteiger partial charge in [0.1, 0.15) is 5.04 Å². The molecule has 1 amide bonds. The van der Waals surface area contributed by atoms with Gasteiger partial charge < -0.3 is 0 Å². The van der Waals surface area contributed by atoms with E-state index in [-0.39, 0.29) is 21.2 Å². The molecule has 0 aromatic carbocycles. The molecule has 19 heavy (non-hydrogen) atoms. The van der Waals surface area contributed by atoms with Crippen LogP contribution < -0.4 is 5.32 Å². The molecular weight excluding hydrogens is 276 g/mol. The van der Waals surface area contributed by atoms with Gasteiger partial charge >= 0.3 is 0 Å². The summed E-state index contributed by atoms with van der Waals surface area (Å²) >= 11 is 6.62. The lowest BCUT2D eigenvalue weighted by atomic mass is 9.86. The highest BCUT2D eigenvalue weighted by atomic mass is 32.2. The van der Waals surface area contributed by atoms with Crippen molar-refractivity contribution in [3.05, 3.63) is 11.6 Å². The number of allylic oxidation sites excluding steroid dienone is 1. The molecule has 0 atom stereocenters. The second-order valence-corrected chi connectivity index (χ2v) is 8.56. The highest BCUT2D eigenvalue weighted by molar-refractivity contribution is 8.15. The van der Waals surface area contributed by atoms with Gasteiger partial charge in [-0.2, -0.15) is 0 Å². The molecule has 3 nitrogen and oxygen atoms in total. The Morgan fingerprint density at radius 3 is 2.37 bits per heavy atom. The second kappa shape index (κ2) is 5.75. The van der Waals surface area contributed by atoms with E-state index in [0.717, 1.165) is 11.5 Å². The second-order valence-electron chi connectivity index (χ2n) is 6.48. The lowest BCUT2D eigenvalue weighted by Crippen LogP contribution is -2.38. The van der Waals surface area contributed by atoms with Crippen LogP contribution in [0.4, 0.5) is 0 Å². The fourth-order valence-electron chi connectivity index (χ4n) is 2.35. The zero-order chi connectivity index (χ0) is 14.8. The first-order valence-corrected chi connectivity index (χ1v) is 7.56. The largest absolute Gasteiger partial charge is 0.297 e. The molecule has 5 heteroatoms. The van der Waals surface area contributed by atoms with Crippen LogP contribution in [0.2, 0.25) is 0 Å². The van der Waals surface area contributed by atoms with Crippen molar-refractivity contribution in [2.45, 2.75) is 52.7 Å². The molecule has 106 valence electrons. The zero-order valence-corrected chi connectivity index (χ0v) is 14.1. The summed E-state index contributed by atoms with van der Waals surface area (Å²) in [4.78, 5) is 16.2. The molecule has 1 rings (SSSR count). The van der Waals surface area contributed by atoms with E-state index in [4.69, 9.17) is 12.2 Å². The van der Waals surface area contributed by atoms with Crippen molar-refractivity contribution in [1.29, 1.82) is 0 Å². The van der Waals surface area contributed by atoms with E-state index in [0.29, 0.717) is 5.57 Å². The number of hydrogen-bond donors (Lipinski definition) is 1. The molecule has 1 heterocycles. The molecule has 0 saturated heterocycles. The number of carbonyl (C=O) groups is 1. The Bertz CT molecular complexity index is 457. The van der Waals surface area contributed by atoms with Gasteiger partial charge in [0.25, 0.3) is 5.91 Å². The predicted molar refractivity (Wildman–Crippen MR) is 87.7 cm³/mol. The first kappa shape index (κ1) is 16.4. The van der Waals surface area contributed by atoms with Crippen LogP contribution in [0.25, 0.3) is 0 Å². The van der Waals surface area contributed by atoms with Crippen LogP contribution >= 0.6 is 24.0 Å². The van der Waals surface area contributed by atoms with Gasteiger partial charge in [-0.1, -0.05) is 52.5 Å². The zero-order valence-electron chi connectivity index (χ0n) is 12.5. The van der Waals surface area contributed by atoms with E-state index in [2.05, 4.69) is 44.9 Å². The molecule has 0 bridgehead atoms. The van der Waals surface area contributed by atoms with E-state index in [1.165, 1.54) is 0 Å². The van der Waals surface area contributed by atoms with E-state index >= 15 is 0 Å². The van der Waals surface area contributed by atoms with Crippen LogP contribution in [-0.2, 0) is 4.79 Å². The molecule has 1 aliphatic rings. The van der Waals surface area contributed by atoms with E-state index in [1.54, 1.807) is 17.8 Å². The quantitative estimate of drug-likeness (QED) is 0.624. The van der Waals surface area contributed by atoms with Crippen LogP contribution in [0.1, 0.15) is 48.0 Å². The predicted octanol–water partition coefficient (Wildman–Crippen LogP) is 3.69. The van der Waals surface area contributed by atoms with E-state index in [9.17, 15) is 4.79 Å². The van der Waals surface area contributed by atoms with Gasteiger partial charge in [0, 0.05) is 4.75 Å². The van der Waals surface area contributed by atoms with Gasteiger partial charge in [-0.25, -0.2) is 4.99 Å². The maximum absolute atomic E-state index is 11.9. The Balaban J connectivity index is 2.96. The fraction of sp³-hybridized carbons (Fsp3) is 0.643. The van der Waals surface area contributed by atoms with Gasteiger partial charge in [0.05, 0.1) is 5.57 Å². The smallest absolute Gasteiger partial charge is 0.259 e. The number of thiocarbonyl (C=S) groups is 1. The molecule has 1 aliphatic heterocycles. The van der Waals surface area contributed by atoms with Crippen LogP contribution in [0, 0.1) is 5.41 Å². The molecule has 0 fully saturated rings. The maximum atomic E-state index is 11.9. The average molecular weight is 298 g/mol.